The van der Waals surface area contributed by atoms with Crippen molar-refractivity contribution in [1.29, 1.82) is 0 Å². The Labute approximate surface area is 127 Å². The Morgan fingerprint density at radius 1 is 1.29 bits per heavy atom. The number of hydrogen-bond donors (Lipinski definition) is 1. The average molecular weight is 364 g/mol. The van der Waals surface area contributed by atoms with Crippen molar-refractivity contribution in [3.63, 3.8) is 0 Å². The predicted octanol–water partition coefficient (Wildman–Crippen LogP) is 3.80. The lowest BCUT2D eigenvalue weighted by Crippen LogP contribution is -2.12. The molecule has 0 bridgehead atoms. The topological polar surface area (TPSA) is 50.9 Å². The van der Waals surface area contributed by atoms with Crippen LogP contribution >= 0.6 is 15.9 Å². The van der Waals surface area contributed by atoms with Gasteiger partial charge >= 0.3 is 6.18 Å². The molecule has 0 saturated heterocycles. The Hall–Kier alpha value is -1.41. The number of hydrogen-bond acceptors (Lipinski definition) is 3. The van der Waals surface area contributed by atoms with Gasteiger partial charge in [-0.2, -0.15) is 13.2 Å². The van der Waals surface area contributed by atoms with Crippen molar-refractivity contribution in [2.75, 3.05) is 0 Å². The smallest absolute Gasteiger partial charge is 0.388 e. The lowest BCUT2D eigenvalue weighted by molar-refractivity contribution is -0.137. The molecule has 1 aromatic heterocycles. The zero-order valence-electron chi connectivity index (χ0n) is 11.3. The third kappa shape index (κ3) is 3.11. The van der Waals surface area contributed by atoms with Crippen molar-refractivity contribution < 1.29 is 18.3 Å². The van der Waals surface area contributed by atoms with Gasteiger partial charge in [-0.1, -0.05) is 15.9 Å². The summed E-state index contributed by atoms with van der Waals surface area (Å²) in [6.07, 6.45) is -4.51. The SMILES string of the molecule is CC(C)n1c(CO)nnc1-c1ccc(Br)cc1C(F)(F)F. The fourth-order valence-electron chi connectivity index (χ4n) is 2.10. The summed E-state index contributed by atoms with van der Waals surface area (Å²) >= 11 is 3.04. The lowest BCUT2D eigenvalue weighted by Gasteiger charge is -2.17. The van der Waals surface area contributed by atoms with Gasteiger partial charge in [0.15, 0.2) is 11.6 Å². The van der Waals surface area contributed by atoms with Crippen LogP contribution in [0.3, 0.4) is 0 Å². The van der Waals surface area contributed by atoms with E-state index in [1.165, 1.54) is 16.7 Å². The summed E-state index contributed by atoms with van der Waals surface area (Å²) in [6, 6.07) is 3.69. The van der Waals surface area contributed by atoms with E-state index in [2.05, 4.69) is 26.1 Å². The molecule has 0 saturated carbocycles. The molecule has 2 rings (SSSR count). The quantitative estimate of drug-likeness (QED) is 0.902. The maximum atomic E-state index is 13.2. The highest BCUT2D eigenvalue weighted by Crippen LogP contribution is 2.38. The first kappa shape index (κ1) is 16.0. The molecule has 0 aliphatic carbocycles. The molecule has 0 fully saturated rings. The summed E-state index contributed by atoms with van der Waals surface area (Å²) in [7, 11) is 0. The second-order valence-corrected chi connectivity index (χ2v) is 5.67. The molecule has 2 aromatic rings. The molecule has 1 aromatic carbocycles. The normalized spacial score (nSPS) is 12.2. The molecule has 114 valence electrons. The standard InChI is InChI=1S/C13H13BrF3N3O/c1-7(2)20-11(6-21)18-19-12(20)9-4-3-8(14)5-10(9)13(15,16)17/h3-5,7,21H,6H2,1-2H3. The molecule has 0 amide bonds. The maximum absolute atomic E-state index is 13.2. The Morgan fingerprint density at radius 3 is 2.48 bits per heavy atom. The van der Waals surface area contributed by atoms with Crippen LogP contribution in [0.2, 0.25) is 0 Å². The minimum Gasteiger partial charge on any atom is -0.388 e. The monoisotopic (exact) mass is 363 g/mol. The van der Waals surface area contributed by atoms with Crippen molar-refractivity contribution >= 4 is 15.9 Å². The zero-order chi connectivity index (χ0) is 15.8. The van der Waals surface area contributed by atoms with Crippen molar-refractivity contribution in [2.24, 2.45) is 0 Å². The van der Waals surface area contributed by atoms with Crippen molar-refractivity contribution in [2.45, 2.75) is 32.7 Å². The fourth-order valence-corrected chi connectivity index (χ4v) is 2.46. The van der Waals surface area contributed by atoms with Gasteiger partial charge in [-0.05, 0) is 32.0 Å². The number of aromatic nitrogens is 3. The van der Waals surface area contributed by atoms with Gasteiger partial charge in [0.1, 0.15) is 6.61 Å². The first-order chi connectivity index (χ1) is 9.75. The second-order valence-electron chi connectivity index (χ2n) is 4.75. The van der Waals surface area contributed by atoms with Crippen LogP contribution in [-0.4, -0.2) is 19.9 Å². The van der Waals surface area contributed by atoms with E-state index >= 15 is 0 Å². The molecular formula is C13H13BrF3N3O. The summed E-state index contributed by atoms with van der Waals surface area (Å²) in [5.41, 5.74) is -0.859. The summed E-state index contributed by atoms with van der Waals surface area (Å²) in [6.45, 7) is 3.19. The van der Waals surface area contributed by atoms with Crippen LogP contribution < -0.4 is 0 Å². The van der Waals surface area contributed by atoms with Gasteiger partial charge < -0.3 is 9.67 Å². The number of benzene rings is 1. The highest BCUT2D eigenvalue weighted by molar-refractivity contribution is 9.10. The van der Waals surface area contributed by atoms with E-state index in [0.717, 1.165) is 6.07 Å². The van der Waals surface area contributed by atoms with Gasteiger partial charge in [0.05, 0.1) is 5.56 Å². The molecule has 4 nitrogen and oxygen atoms in total. The van der Waals surface area contributed by atoms with Gasteiger partial charge in [0.2, 0.25) is 0 Å². The molecule has 1 N–H and O–H groups in total. The van der Waals surface area contributed by atoms with Gasteiger partial charge in [0, 0.05) is 16.1 Å². The van der Waals surface area contributed by atoms with Gasteiger partial charge in [-0.15, -0.1) is 10.2 Å². The van der Waals surface area contributed by atoms with Crippen LogP contribution in [0, 0.1) is 0 Å². The van der Waals surface area contributed by atoms with Crippen LogP contribution in [0.4, 0.5) is 13.2 Å². The Balaban J connectivity index is 2.71. The first-order valence-corrected chi connectivity index (χ1v) is 6.96. The molecule has 0 aliphatic rings. The molecule has 0 atom stereocenters. The number of rotatable bonds is 3. The van der Waals surface area contributed by atoms with E-state index in [1.54, 1.807) is 13.8 Å². The summed E-state index contributed by atoms with van der Waals surface area (Å²) < 4.78 is 41.5. The largest absolute Gasteiger partial charge is 0.417 e. The maximum Gasteiger partial charge on any atom is 0.417 e. The number of aliphatic hydroxyl groups excluding tert-OH is 1. The van der Waals surface area contributed by atoms with Crippen molar-refractivity contribution in [3.05, 3.63) is 34.1 Å². The number of nitrogens with zero attached hydrogens (tertiary/aromatic N) is 3. The minimum absolute atomic E-state index is 0.0633. The van der Waals surface area contributed by atoms with E-state index < -0.39 is 11.7 Å². The first-order valence-electron chi connectivity index (χ1n) is 6.17. The molecule has 1 heterocycles. The molecule has 0 unspecified atom stereocenters. The minimum atomic E-state index is -4.51. The lowest BCUT2D eigenvalue weighted by atomic mass is 10.1. The Bertz CT molecular complexity index is 653. The van der Waals surface area contributed by atoms with Gasteiger partial charge in [0.25, 0.3) is 0 Å². The molecule has 0 spiro atoms. The van der Waals surface area contributed by atoms with E-state index in [1.807, 2.05) is 0 Å². The number of aliphatic hydroxyl groups is 1. The summed E-state index contributed by atoms with van der Waals surface area (Å²) in [4.78, 5) is 0. The Morgan fingerprint density at radius 2 is 1.95 bits per heavy atom. The van der Waals surface area contributed by atoms with E-state index in [9.17, 15) is 18.3 Å². The van der Waals surface area contributed by atoms with Crippen LogP contribution in [0.25, 0.3) is 11.4 Å². The molecule has 8 heteroatoms. The van der Waals surface area contributed by atoms with Crippen LogP contribution in [0.5, 0.6) is 0 Å². The Kier molecular flexibility index (Phi) is 4.38. The summed E-state index contributed by atoms with van der Waals surface area (Å²) in [5.74, 6) is 0.324. The highest BCUT2D eigenvalue weighted by atomic mass is 79.9. The third-order valence-corrected chi connectivity index (χ3v) is 3.45. The molecular weight excluding hydrogens is 351 g/mol. The molecule has 0 radical (unpaired) electrons. The molecule has 0 aliphatic heterocycles. The van der Waals surface area contributed by atoms with Crippen LogP contribution in [0.15, 0.2) is 22.7 Å². The van der Waals surface area contributed by atoms with E-state index in [4.69, 9.17) is 0 Å². The van der Waals surface area contributed by atoms with Crippen LogP contribution in [0.1, 0.15) is 31.3 Å². The third-order valence-electron chi connectivity index (χ3n) is 2.95. The zero-order valence-corrected chi connectivity index (χ0v) is 12.9. The molecule has 21 heavy (non-hydrogen) atoms. The summed E-state index contributed by atoms with van der Waals surface area (Å²) in [5, 5.41) is 16.8. The van der Waals surface area contributed by atoms with E-state index in [0.29, 0.717) is 4.47 Å². The van der Waals surface area contributed by atoms with Crippen molar-refractivity contribution in [1.82, 2.24) is 14.8 Å². The fraction of sp³-hybridized carbons (Fsp3) is 0.385. The second kappa shape index (κ2) is 5.76. The van der Waals surface area contributed by atoms with Crippen LogP contribution in [-0.2, 0) is 12.8 Å². The van der Waals surface area contributed by atoms with E-state index in [-0.39, 0.29) is 29.9 Å². The van der Waals surface area contributed by atoms with Gasteiger partial charge in [-0.25, -0.2) is 0 Å². The average Bonchev–Trinajstić information content (AvgIpc) is 2.81. The number of alkyl halides is 3. The predicted molar refractivity (Wildman–Crippen MR) is 74.5 cm³/mol. The number of halogens is 4. The van der Waals surface area contributed by atoms with Gasteiger partial charge in [-0.3, -0.25) is 0 Å². The highest BCUT2D eigenvalue weighted by Gasteiger charge is 2.35. The van der Waals surface area contributed by atoms with Crippen molar-refractivity contribution in [3.8, 4) is 11.4 Å².